The summed E-state index contributed by atoms with van der Waals surface area (Å²) in [6.45, 7) is 3.23. The predicted octanol–water partition coefficient (Wildman–Crippen LogP) is 4.89. The molecule has 3 aromatic carbocycles. The second-order valence-electron chi connectivity index (χ2n) is 9.49. The highest BCUT2D eigenvalue weighted by atomic mass is 35.5. The Hall–Kier alpha value is -3.41. The van der Waals surface area contributed by atoms with Gasteiger partial charge in [0.1, 0.15) is 0 Å². The number of rotatable bonds is 10. The maximum absolute atomic E-state index is 12.8. The average Bonchev–Trinajstić information content (AvgIpc) is 2.89. The summed E-state index contributed by atoms with van der Waals surface area (Å²) in [4.78, 5) is 26.1. The van der Waals surface area contributed by atoms with Crippen LogP contribution in [0.4, 0.5) is 10.5 Å². The summed E-state index contributed by atoms with van der Waals surface area (Å²) in [5.41, 5.74) is 15.3. The summed E-state index contributed by atoms with van der Waals surface area (Å²) in [6.07, 6.45) is 3.00. The van der Waals surface area contributed by atoms with Crippen LogP contribution in [0.5, 0.6) is 0 Å². The molecule has 1 aliphatic heterocycles. The fourth-order valence-corrected chi connectivity index (χ4v) is 6.22. The van der Waals surface area contributed by atoms with Gasteiger partial charge in [-0.05, 0) is 60.1 Å². The molecule has 0 aromatic heterocycles. The highest BCUT2D eigenvalue weighted by Gasteiger charge is 2.32. The molecule has 7 nitrogen and oxygen atoms in total. The summed E-state index contributed by atoms with van der Waals surface area (Å²) in [5.74, 6) is -0.262. The minimum absolute atomic E-state index is 0.245. The molecule has 1 heterocycles. The van der Waals surface area contributed by atoms with Crippen molar-refractivity contribution >= 4 is 48.8 Å². The average molecular weight is 550 g/mol. The van der Waals surface area contributed by atoms with Crippen molar-refractivity contribution in [3.63, 3.8) is 0 Å². The molecule has 198 valence electrons. The molecule has 0 radical (unpaired) electrons. The summed E-state index contributed by atoms with van der Waals surface area (Å²) >= 11 is 6.19. The van der Waals surface area contributed by atoms with Gasteiger partial charge in [0.25, 0.3) is 5.91 Å². The summed E-state index contributed by atoms with van der Waals surface area (Å²) in [7, 11) is 0.608. The van der Waals surface area contributed by atoms with Gasteiger partial charge in [0.15, 0.2) is 0 Å². The number of likely N-dealkylation sites (tertiary alicyclic amines) is 1. The number of nitrogens with zero attached hydrogens (tertiary/aromatic N) is 1. The van der Waals surface area contributed by atoms with Gasteiger partial charge in [-0.3, -0.25) is 10.2 Å². The molecule has 1 aliphatic rings. The largest absolute Gasteiger partial charge is 0.398 e. The Morgan fingerprint density at radius 2 is 1.84 bits per heavy atom. The van der Waals surface area contributed by atoms with Gasteiger partial charge in [-0.15, -0.1) is 0 Å². The Bertz CT molecular complexity index is 1330. The molecule has 4 rings (SSSR count). The highest BCUT2D eigenvalue weighted by molar-refractivity contribution is 7.48. The van der Waals surface area contributed by atoms with E-state index in [0.717, 1.165) is 36.9 Å². The lowest BCUT2D eigenvalue weighted by Crippen LogP contribution is -2.54. The number of hydrogen-bond acceptors (Lipinski definition) is 4. The first-order valence-electron chi connectivity index (χ1n) is 12.7. The topological polar surface area (TPSA) is 125 Å². The number of nitrogens with one attached hydrogen (secondary N) is 2. The van der Waals surface area contributed by atoms with Crippen molar-refractivity contribution in [3.05, 3.63) is 94.0 Å². The van der Waals surface area contributed by atoms with Crippen LogP contribution in [0.1, 0.15) is 53.2 Å². The van der Waals surface area contributed by atoms with Crippen LogP contribution in [-0.2, 0) is 6.54 Å². The van der Waals surface area contributed by atoms with E-state index in [0.29, 0.717) is 42.6 Å². The number of halogens is 1. The molecule has 3 amide bonds. The number of primary amides is 1. The molecule has 1 saturated heterocycles. The van der Waals surface area contributed by atoms with E-state index >= 15 is 0 Å². The number of anilines is 1. The van der Waals surface area contributed by atoms with Crippen molar-refractivity contribution in [3.8, 4) is 0 Å². The molecule has 3 unspecified atom stereocenters. The molecule has 0 saturated carbocycles. The monoisotopic (exact) mass is 549 g/mol. The number of amides is 3. The minimum atomic E-state index is -0.330. The second-order valence-corrected chi connectivity index (χ2v) is 11.6. The van der Waals surface area contributed by atoms with E-state index in [2.05, 4.69) is 12.2 Å². The van der Waals surface area contributed by atoms with Crippen molar-refractivity contribution in [2.45, 2.75) is 44.4 Å². The third-order valence-corrected chi connectivity index (χ3v) is 9.09. The van der Waals surface area contributed by atoms with Gasteiger partial charge < -0.3 is 21.7 Å². The quantitative estimate of drug-likeness (QED) is 0.163. The van der Waals surface area contributed by atoms with Crippen LogP contribution in [0.3, 0.4) is 0 Å². The number of hydrogen-bond donors (Lipinski definition) is 4. The number of urea groups is 1. The third kappa shape index (κ3) is 6.53. The lowest BCUT2D eigenvalue weighted by atomic mass is 9.97. The van der Waals surface area contributed by atoms with Crippen LogP contribution in [0.15, 0.2) is 66.7 Å². The van der Waals surface area contributed by atoms with Gasteiger partial charge in [-0.1, -0.05) is 69.6 Å². The van der Waals surface area contributed by atoms with E-state index in [1.165, 1.54) is 5.30 Å². The molecule has 3 aromatic rings. The molecule has 38 heavy (non-hydrogen) atoms. The number of carbonyl (C=O) groups excluding carboxylic acids is 2. The van der Waals surface area contributed by atoms with E-state index in [4.69, 9.17) is 28.5 Å². The Labute approximate surface area is 230 Å². The molecule has 9 heteroatoms. The first-order chi connectivity index (χ1) is 18.3. The maximum Gasteiger partial charge on any atom is 0.315 e. The molecule has 3 atom stereocenters. The van der Waals surface area contributed by atoms with Crippen LogP contribution >= 0.6 is 20.2 Å². The van der Waals surface area contributed by atoms with Gasteiger partial charge in [0.05, 0.1) is 5.71 Å². The van der Waals surface area contributed by atoms with E-state index in [9.17, 15) is 9.59 Å². The third-order valence-electron chi connectivity index (χ3n) is 7.00. The Kier molecular flexibility index (Phi) is 9.03. The Morgan fingerprint density at radius 1 is 1.13 bits per heavy atom. The molecule has 0 bridgehead atoms. The van der Waals surface area contributed by atoms with E-state index in [1.54, 1.807) is 29.2 Å². The van der Waals surface area contributed by atoms with E-state index in [-0.39, 0.29) is 23.7 Å². The second kappa shape index (κ2) is 12.4. The predicted molar refractivity (Wildman–Crippen MR) is 157 cm³/mol. The number of nitrogen functional groups attached to an aromatic ring is 1. The first-order valence-corrected chi connectivity index (χ1v) is 14.2. The maximum atomic E-state index is 12.8. The normalized spacial score (nSPS) is 15.7. The number of carbonyl (C=O) groups is 2. The fourth-order valence-electron chi connectivity index (χ4n) is 4.59. The summed E-state index contributed by atoms with van der Waals surface area (Å²) in [6, 6.07) is 20.2. The standard InChI is InChI=1S/C29H33ClN5O2P/c1-2-22(16-21-13-14-35(21)29(33)37)38-23-10-7-18(8-11-23)27(32)24-15-19(9-12-26(24)31)28(36)34-17-20-5-3-4-6-25(20)30/h3-12,15,21-22,32,38H,2,13-14,16-17,31H2,1H3,(H2,33,37)(H,34,36). The summed E-state index contributed by atoms with van der Waals surface area (Å²) in [5, 5.41) is 13.5. The molecule has 1 fully saturated rings. The SMILES string of the molecule is CCC(CC1CCN1C(N)=O)Pc1ccc(C(=N)c2cc(C(=O)NCc3ccccc3Cl)ccc2N)cc1. The smallest absolute Gasteiger partial charge is 0.315 e. The lowest BCUT2D eigenvalue weighted by Gasteiger charge is -2.41. The van der Waals surface area contributed by atoms with Crippen LogP contribution in [0.2, 0.25) is 5.02 Å². The van der Waals surface area contributed by atoms with E-state index < -0.39 is 0 Å². The van der Waals surface area contributed by atoms with Gasteiger partial charge in [0.2, 0.25) is 0 Å². The zero-order valence-corrected chi connectivity index (χ0v) is 23.1. The molecular weight excluding hydrogens is 517 g/mol. The van der Waals surface area contributed by atoms with Crippen LogP contribution in [0.25, 0.3) is 0 Å². The highest BCUT2D eigenvalue weighted by Crippen LogP contribution is 2.31. The van der Waals surface area contributed by atoms with E-state index in [1.807, 2.05) is 42.5 Å². The molecule has 6 N–H and O–H groups in total. The Morgan fingerprint density at radius 3 is 2.47 bits per heavy atom. The summed E-state index contributed by atoms with van der Waals surface area (Å²) < 4.78 is 0. The van der Waals surface area contributed by atoms with Gasteiger partial charge >= 0.3 is 6.03 Å². The molecule has 0 spiro atoms. The van der Waals surface area contributed by atoms with Gasteiger partial charge in [0, 0.05) is 46.5 Å². The van der Waals surface area contributed by atoms with Crippen molar-refractivity contribution in [2.75, 3.05) is 12.3 Å². The van der Waals surface area contributed by atoms with Crippen LogP contribution in [0, 0.1) is 5.41 Å². The van der Waals surface area contributed by atoms with Crippen molar-refractivity contribution in [1.82, 2.24) is 10.2 Å². The van der Waals surface area contributed by atoms with Crippen molar-refractivity contribution < 1.29 is 9.59 Å². The lowest BCUT2D eigenvalue weighted by molar-refractivity contribution is 0.0950. The Balaban J connectivity index is 1.40. The van der Waals surface area contributed by atoms with Crippen molar-refractivity contribution in [2.24, 2.45) is 5.73 Å². The van der Waals surface area contributed by atoms with Gasteiger partial charge in [-0.2, -0.15) is 0 Å². The number of nitrogens with two attached hydrogens (primary N) is 2. The van der Waals surface area contributed by atoms with Gasteiger partial charge in [-0.25, -0.2) is 4.79 Å². The zero-order chi connectivity index (χ0) is 27.2. The zero-order valence-electron chi connectivity index (χ0n) is 21.3. The fraction of sp³-hybridized carbons (Fsp3) is 0.276. The van der Waals surface area contributed by atoms with Crippen LogP contribution < -0.4 is 22.1 Å². The number of benzene rings is 3. The molecular formula is C29H33ClN5O2P. The van der Waals surface area contributed by atoms with Crippen molar-refractivity contribution in [1.29, 1.82) is 5.41 Å². The van der Waals surface area contributed by atoms with Crippen LogP contribution in [-0.4, -0.2) is 40.8 Å². The molecule has 0 aliphatic carbocycles. The minimum Gasteiger partial charge on any atom is -0.398 e. The first kappa shape index (κ1) is 27.6.